The van der Waals surface area contributed by atoms with Crippen LogP contribution in [0.15, 0.2) is 12.1 Å². The van der Waals surface area contributed by atoms with Gasteiger partial charge in [-0.2, -0.15) is 0 Å². The van der Waals surface area contributed by atoms with Crippen molar-refractivity contribution >= 4 is 11.6 Å². The first-order chi connectivity index (χ1) is 9.15. The third kappa shape index (κ3) is 3.77. The summed E-state index contributed by atoms with van der Waals surface area (Å²) in [4.78, 5) is 0. The molecule has 1 unspecified atom stereocenters. The molecule has 0 radical (unpaired) electrons. The summed E-state index contributed by atoms with van der Waals surface area (Å²) in [5.74, 6) is 2.19. The van der Waals surface area contributed by atoms with E-state index in [9.17, 15) is 0 Å². The van der Waals surface area contributed by atoms with Crippen LogP contribution in [0.25, 0.3) is 0 Å². The molecular formula is C15H22ClNO2. The summed E-state index contributed by atoms with van der Waals surface area (Å²) in [6.07, 6.45) is 3.58. The maximum absolute atomic E-state index is 6.32. The third-order valence-electron chi connectivity index (χ3n) is 3.35. The summed E-state index contributed by atoms with van der Waals surface area (Å²) >= 11 is 6.32. The number of nitrogens with two attached hydrogens (primary N) is 1. The molecule has 3 nitrogen and oxygen atoms in total. The predicted octanol–water partition coefficient (Wildman–Crippen LogP) is 3.94. The lowest BCUT2D eigenvalue weighted by Crippen LogP contribution is -2.12. The van der Waals surface area contributed by atoms with Gasteiger partial charge in [-0.1, -0.05) is 24.4 Å². The minimum absolute atomic E-state index is 0.0186. The zero-order chi connectivity index (χ0) is 13.8. The SMILES string of the molecule is CCOc1cc(Cl)c(C(N)CC2CC2)cc1OCC. The van der Waals surface area contributed by atoms with Crippen LogP contribution in [-0.4, -0.2) is 13.2 Å². The summed E-state index contributed by atoms with van der Waals surface area (Å²) < 4.78 is 11.2. The van der Waals surface area contributed by atoms with Crippen molar-refractivity contribution in [3.8, 4) is 11.5 Å². The minimum atomic E-state index is -0.0186. The topological polar surface area (TPSA) is 44.5 Å². The van der Waals surface area contributed by atoms with Crippen LogP contribution in [0, 0.1) is 5.92 Å². The monoisotopic (exact) mass is 283 g/mol. The average Bonchev–Trinajstić information content (AvgIpc) is 3.16. The molecule has 0 saturated heterocycles. The Bertz CT molecular complexity index is 432. The van der Waals surface area contributed by atoms with E-state index in [-0.39, 0.29) is 6.04 Å². The van der Waals surface area contributed by atoms with Crippen molar-refractivity contribution in [3.05, 3.63) is 22.7 Å². The molecule has 0 spiro atoms. The summed E-state index contributed by atoms with van der Waals surface area (Å²) in [5, 5.41) is 0.667. The largest absolute Gasteiger partial charge is 0.490 e. The molecule has 19 heavy (non-hydrogen) atoms. The van der Waals surface area contributed by atoms with Crippen molar-refractivity contribution in [2.45, 2.75) is 39.2 Å². The van der Waals surface area contributed by atoms with E-state index in [1.54, 1.807) is 0 Å². The third-order valence-corrected chi connectivity index (χ3v) is 3.67. The lowest BCUT2D eigenvalue weighted by atomic mass is 10.0. The van der Waals surface area contributed by atoms with E-state index in [0.29, 0.717) is 24.0 Å². The van der Waals surface area contributed by atoms with Gasteiger partial charge in [0.2, 0.25) is 0 Å². The summed E-state index contributed by atoms with van der Waals surface area (Å²) in [6.45, 7) is 5.08. The van der Waals surface area contributed by atoms with E-state index in [1.165, 1.54) is 12.8 Å². The zero-order valence-electron chi connectivity index (χ0n) is 11.6. The lowest BCUT2D eigenvalue weighted by molar-refractivity contribution is 0.287. The van der Waals surface area contributed by atoms with E-state index in [1.807, 2.05) is 26.0 Å². The Balaban J connectivity index is 2.23. The smallest absolute Gasteiger partial charge is 0.162 e. The van der Waals surface area contributed by atoms with Gasteiger partial charge in [0.15, 0.2) is 11.5 Å². The predicted molar refractivity (Wildman–Crippen MR) is 78.1 cm³/mol. The molecule has 0 heterocycles. The molecule has 106 valence electrons. The number of rotatable bonds is 7. The highest BCUT2D eigenvalue weighted by Gasteiger charge is 2.26. The molecule has 1 aliphatic carbocycles. The van der Waals surface area contributed by atoms with Crippen LogP contribution in [0.1, 0.15) is 44.7 Å². The van der Waals surface area contributed by atoms with Crippen LogP contribution in [0.4, 0.5) is 0 Å². The van der Waals surface area contributed by atoms with Gasteiger partial charge in [0.1, 0.15) is 0 Å². The van der Waals surface area contributed by atoms with Gasteiger partial charge in [-0.05, 0) is 37.8 Å². The number of hydrogen-bond acceptors (Lipinski definition) is 3. The van der Waals surface area contributed by atoms with Crippen LogP contribution in [0.2, 0.25) is 5.02 Å². The van der Waals surface area contributed by atoms with Gasteiger partial charge in [0.25, 0.3) is 0 Å². The second kappa shape index (κ2) is 6.49. The summed E-state index contributed by atoms with van der Waals surface area (Å²) in [7, 11) is 0. The number of ether oxygens (including phenoxy) is 2. The van der Waals surface area contributed by atoms with Crippen LogP contribution in [0.3, 0.4) is 0 Å². The standard InChI is InChI=1S/C15H22ClNO2/c1-3-18-14-8-11(13(17)7-10-5-6-10)12(16)9-15(14)19-4-2/h8-10,13H,3-7,17H2,1-2H3. The number of hydrogen-bond donors (Lipinski definition) is 1. The van der Waals surface area contributed by atoms with Crippen LogP contribution in [0.5, 0.6) is 11.5 Å². The fraction of sp³-hybridized carbons (Fsp3) is 0.600. The molecule has 1 aromatic carbocycles. The molecule has 0 amide bonds. The normalized spacial score (nSPS) is 16.2. The molecule has 1 aromatic rings. The molecule has 1 saturated carbocycles. The Morgan fingerprint density at radius 1 is 1.21 bits per heavy atom. The molecule has 2 N–H and O–H groups in total. The first-order valence-corrected chi connectivity index (χ1v) is 7.38. The lowest BCUT2D eigenvalue weighted by Gasteiger charge is -2.18. The Morgan fingerprint density at radius 2 is 1.79 bits per heavy atom. The van der Waals surface area contributed by atoms with Gasteiger partial charge >= 0.3 is 0 Å². The van der Waals surface area contributed by atoms with E-state index >= 15 is 0 Å². The summed E-state index contributed by atoms with van der Waals surface area (Å²) in [6, 6.07) is 3.73. The van der Waals surface area contributed by atoms with E-state index in [4.69, 9.17) is 26.8 Å². The Morgan fingerprint density at radius 3 is 2.32 bits per heavy atom. The highest BCUT2D eigenvalue weighted by atomic mass is 35.5. The van der Waals surface area contributed by atoms with Gasteiger partial charge in [-0.3, -0.25) is 0 Å². The van der Waals surface area contributed by atoms with Gasteiger partial charge in [-0.25, -0.2) is 0 Å². The van der Waals surface area contributed by atoms with Crippen molar-refractivity contribution in [3.63, 3.8) is 0 Å². The molecule has 1 aliphatic rings. The number of halogens is 1. The Kier molecular flexibility index (Phi) is 4.94. The van der Waals surface area contributed by atoms with E-state index in [0.717, 1.165) is 23.7 Å². The van der Waals surface area contributed by atoms with Crippen LogP contribution in [-0.2, 0) is 0 Å². The molecule has 2 rings (SSSR count). The van der Waals surface area contributed by atoms with Crippen LogP contribution >= 0.6 is 11.6 Å². The Hall–Kier alpha value is -0.930. The first-order valence-electron chi connectivity index (χ1n) is 7.00. The first kappa shape index (κ1) is 14.5. The van der Waals surface area contributed by atoms with Crippen LogP contribution < -0.4 is 15.2 Å². The van der Waals surface area contributed by atoms with Gasteiger partial charge in [0.05, 0.1) is 13.2 Å². The second-order valence-electron chi connectivity index (χ2n) is 4.97. The molecular weight excluding hydrogens is 262 g/mol. The average molecular weight is 284 g/mol. The maximum atomic E-state index is 6.32. The molecule has 0 bridgehead atoms. The van der Waals surface area contributed by atoms with Crippen molar-refractivity contribution in [2.75, 3.05) is 13.2 Å². The summed E-state index contributed by atoms with van der Waals surface area (Å²) in [5.41, 5.74) is 7.20. The maximum Gasteiger partial charge on any atom is 0.162 e. The fourth-order valence-electron chi connectivity index (χ4n) is 2.21. The molecule has 1 atom stereocenters. The van der Waals surface area contributed by atoms with Crippen molar-refractivity contribution < 1.29 is 9.47 Å². The second-order valence-corrected chi connectivity index (χ2v) is 5.38. The van der Waals surface area contributed by atoms with Gasteiger partial charge in [0, 0.05) is 17.1 Å². The van der Waals surface area contributed by atoms with Gasteiger partial charge < -0.3 is 15.2 Å². The fourth-order valence-corrected chi connectivity index (χ4v) is 2.51. The highest BCUT2D eigenvalue weighted by Crippen LogP contribution is 2.41. The molecule has 1 fully saturated rings. The zero-order valence-corrected chi connectivity index (χ0v) is 12.4. The van der Waals surface area contributed by atoms with Crippen molar-refractivity contribution in [2.24, 2.45) is 11.7 Å². The van der Waals surface area contributed by atoms with E-state index in [2.05, 4.69) is 0 Å². The molecule has 4 heteroatoms. The van der Waals surface area contributed by atoms with Crippen molar-refractivity contribution in [1.29, 1.82) is 0 Å². The molecule has 0 aromatic heterocycles. The minimum Gasteiger partial charge on any atom is -0.490 e. The van der Waals surface area contributed by atoms with E-state index < -0.39 is 0 Å². The number of benzene rings is 1. The van der Waals surface area contributed by atoms with Crippen molar-refractivity contribution in [1.82, 2.24) is 0 Å². The Labute approximate surface area is 120 Å². The quantitative estimate of drug-likeness (QED) is 0.824. The van der Waals surface area contributed by atoms with Gasteiger partial charge in [-0.15, -0.1) is 0 Å². The molecule has 0 aliphatic heterocycles. The highest BCUT2D eigenvalue weighted by molar-refractivity contribution is 6.31.